The highest BCUT2D eigenvalue weighted by Crippen LogP contribution is 2.32. The van der Waals surface area contributed by atoms with Gasteiger partial charge in [0.2, 0.25) is 0 Å². The van der Waals surface area contributed by atoms with E-state index in [0.29, 0.717) is 18.8 Å². The topological polar surface area (TPSA) is 85.4 Å². The Hall–Kier alpha value is -3.28. The summed E-state index contributed by atoms with van der Waals surface area (Å²) in [6.07, 6.45) is 2.91. The van der Waals surface area contributed by atoms with Crippen LogP contribution in [0.1, 0.15) is 28.3 Å². The molecule has 2 aromatic carbocycles. The van der Waals surface area contributed by atoms with E-state index in [-0.39, 0.29) is 17.5 Å². The van der Waals surface area contributed by atoms with E-state index in [2.05, 4.69) is 16.4 Å². The molecular formula is C20H19N3O3. The third kappa shape index (κ3) is 2.90. The molecule has 6 heteroatoms. The summed E-state index contributed by atoms with van der Waals surface area (Å²) >= 11 is 0. The lowest BCUT2D eigenvalue weighted by Crippen LogP contribution is -2.33. The van der Waals surface area contributed by atoms with Gasteiger partial charge in [-0.1, -0.05) is 30.3 Å². The number of hydrogen-bond acceptors (Lipinski definition) is 2. The predicted octanol–water partition coefficient (Wildman–Crippen LogP) is 3.89. The number of carboxylic acids is 1. The number of nitrogens with one attached hydrogen (secondary N) is 2. The zero-order valence-corrected chi connectivity index (χ0v) is 14.1. The Morgan fingerprint density at radius 1 is 1.12 bits per heavy atom. The zero-order chi connectivity index (χ0) is 18.1. The van der Waals surface area contributed by atoms with Gasteiger partial charge in [-0.05, 0) is 30.2 Å². The lowest BCUT2D eigenvalue weighted by molar-refractivity contribution is 0.0698. The molecule has 1 unspecified atom stereocenters. The molecule has 2 heterocycles. The summed E-state index contributed by atoms with van der Waals surface area (Å²) in [6.45, 7) is 1.26. The van der Waals surface area contributed by atoms with Crippen LogP contribution in [0.15, 0.2) is 54.7 Å². The van der Waals surface area contributed by atoms with E-state index in [1.807, 2.05) is 24.4 Å². The summed E-state index contributed by atoms with van der Waals surface area (Å²) in [6, 6.07) is 14.3. The fourth-order valence-electron chi connectivity index (χ4n) is 3.60. The SMILES string of the molecule is O=C(O)c1ccccc1NC(=O)N1CCC(c2c[nH]c3ccccc23)C1. The number of H-pyrrole nitrogens is 1. The van der Waals surface area contributed by atoms with E-state index in [1.165, 1.54) is 17.0 Å². The Morgan fingerprint density at radius 2 is 1.88 bits per heavy atom. The van der Waals surface area contributed by atoms with Crippen LogP contribution in [-0.2, 0) is 0 Å². The smallest absolute Gasteiger partial charge is 0.337 e. The number of benzene rings is 2. The molecule has 1 aliphatic heterocycles. The molecule has 1 aliphatic rings. The van der Waals surface area contributed by atoms with E-state index < -0.39 is 5.97 Å². The highest BCUT2D eigenvalue weighted by atomic mass is 16.4. The summed E-state index contributed by atoms with van der Waals surface area (Å²) in [5.74, 6) is -0.786. The van der Waals surface area contributed by atoms with Gasteiger partial charge in [-0.25, -0.2) is 9.59 Å². The monoisotopic (exact) mass is 349 g/mol. The van der Waals surface area contributed by atoms with Gasteiger partial charge >= 0.3 is 12.0 Å². The minimum absolute atomic E-state index is 0.0909. The number of para-hydroxylation sites is 2. The van der Waals surface area contributed by atoms with Crippen molar-refractivity contribution in [1.29, 1.82) is 0 Å². The van der Waals surface area contributed by atoms with E-state index in [0.717, 1.165) is 11.9 Å². The molecule has 1 fully saturated rings. The summed E-state index contributed by atoms with van der Waals surface area (Å²) in [5.41, 5.74) is 2.73. The first-order chi connectivity index (χ1) is 12.6. The summed E-state index contributed by atoms with van der Waals surface area (Å²) in [4.78, 5) is 28.9. The number of fused-ring (bicyclic) bond motifs is 1. The number of hydrogen-bond donors (Lipinski definition) is 3. The minimum Gasteiger partial charge on any atom is -0.478 e. The largest absolute Gasteiger partial charge is 0.478 e. The molecule has 0 spiro atoms. The van der Waals surface area contributed by atoms with Gasteiger partial charge < -0.3 is 20.3 Å². The normalized spacial score (nSPS) is 16.8. The highest BCUT2D eigenvalue weighted by molar-refractivity contribution is 6.00. The van der Waals surface area contributed by atoms with Crippen molar-refractivity contribution in [3.63, 3.8) is 0 Å². The van der Waals surface area contributed by atoms with Crippen LogP contribution in [0.3, 0.4) is 0 Å². The van der Waals surface area contributed by atoms with Gasteiger partial charge in [0.15, 0.2) is 0 Å². The van der Waals surface area contributed by atoms with Crippen LogP contribution in [0.2, 0.25) is 0 Å². The molecule has 26 heavy (non-hydrogen) atoms. The maximum Gasteiger partial charge on any atom is 0.337 e. The number of carbonyl (C=O) groups excluding carboxylic acids is 1. The zero-order valence-electron chi connectivity index (χ0n) is 14.1. The Labute approximate surface area is 150 Å². The number of anilines is 1. The van der Waals surface area contributed by atoms with Crippen LogP contribution in [-0.4, -0.2) is 40.1 Å². The number of urea groups is 1. The maximum absolute atomic E-state index is 12.6. The van der Waals surface area contributed by atoms with Crippen LogP contribution < -0.4 is 5.32 Å². The first kappa shape index (κ1) is 16.2. The first-order valence-electron chi connectivity index (χ1n) is 8.58. The second-order valence-electron chi connectivity index (χ2n) is 6.50. The van der Waals surface area contributed by atoms with E-state index in [1.54, 1.807) is 23.1 Å². The van der Waals surface area contributed by atoms with Crippen molar-refractivity contribution < 1.29 is 14.7 Å². The van der Waals surface area contributed by atoms with Crippen molar-refractivity contribution in [1.82, 2.24) is 9.88 Å². The number of carboxylic acid groups (broad SMARTS) is 1. The number of nitrogens with zero attached hydrogens (tertiary/aromatic N) is 1. The molecule has 1 atom stereocenters. The highest BCUT2D eigenvalue weighted by Gasteiger charge is 2.29. The lowest BCUT2D eigenvalue weighted by atomic mass is 9.98. The van der Waals surface area contributed by atoms with Crippen molar-refractivity contribution in [2.45, 2.75) is 12.3 Å². The van der Waals surface area contributed by atoms with Gasteiger partial charge in [-0.3, -0.25) is 0 Å². The molecule has 3 aromatic rings. The molecule has 0 bridgehead atoms. The number of amides is 2. The van der Waals surface area contributed by atoms with Crippen LogP contribution >= 0.6 is 0 Å². The predicted molar refractivity (Wildman–Crippen MR) is 99.6 cm³/mol. The second kappa shape index (κ2) is 6.55. The Bertz CT molecular complexity index is 979. The van der Waals surface area contributed by atoms with Gasteiger partial charge in [0, 0.05) is 36.1 Å². The van der Waals surface area contributed by atoms with Crippen molar-refractivity contribution >= 4 is 28.6 Å². The standard InChI is InChI=1S/C20H19N3O3/c24-19(25)15-6-2-4-8-18(15)22-20(26)23-10-9-13(12-23)16-11-21-17-7-3-1-5-14(16)17/h1-8,11,13,21H,9-10,12H2,(H,22,26)(H,24,25). The minimum atomic E-state index is -1.06. The van der Waals surface area contributed by atoms with Crippen LogP contribution in [0.4, 0.5) is 10.5 Å². The number of rotatable bonds is 3. The quantitative estimate of drug-likeness (QED) is 0.670. The van der Waals surface area contributed by atoms with Crippen molar-refractivity contribution in [3.05, 3.63) is 65.9 Å². The van der Waals surface area contributed by atoms with E-state index >= 15 is 0 Å². The average Bonchev–Trinajstić information content (AvgIpc) is 3.29. The number of likely N-dealkylation sites (tertiary alicyclic amines) is 1. The second-order valence-corrected chi connectivity index (χ2v) is 6.50. The molecule has 2 amide bonds. The van der Waals surface area contributed by atoms with Gasteiger partial charge in [0.25, 0.3) is 0 Å². The van der Waals surface area contributed by atoms with Crippen molar-refractivity contribution in [2.24, 2.45) is 0 Å². The average molecular weight is 349 g/mol. The van der Waals surface area contributed by atoms with Crippen molar-refractivity contribution in [3.8, 4) is 0 Å². The third-order valence-electron chi connectivity index (χ3n) is 4.94. The summed E-state index contributed by atoms with van der Waals surface area (Å²) < 4.78 is 0. The molecule has 4 rings (SSSR count). The summed E-state index contributed by atoms with van der Waals surface area (Å²) in [5, 5.41) is 13.2. The lowest BCUT2D eigenvalue weighted by Gasteiger charge is -2.18. The van der Waals surface area contributed by atoms with Gasteiger partial charge in [-0.15, -0.1) is 0 Å². The number of aromatic amines is 1. The Kier molecular flexibility index (Phi) is 4.08. The fourth-order valence-corrected chi connectivity index (χ4v) is 3.60. The molecule has 132 valence electrons. The number of carbonyl (C=O) groups is 2. The molecule has 0 aliphatic carbocycles. The maximum atomic E-state index is 12.6. The molecule has 1 saturated heterocycles. The Morgan fingerprint density at radius 3 is 2.73 bits per heavy atom. The van der Waals surface area contributed by atoms with Crippen molar-refractivity contribution in [2.75, 3.05) is 18.4 Å². The molecule has 0 saturated carbocycles. The third-order valence-corrected chi connectivity index (χ3v) is 4.94. The van der Waals surface area contributed by atoms with Gasteiger partial charge in [-0.2, -0.15) is 0 Å². The van der Waals surface area contributed by atoms with Gasteiger partial charge in [0.05, 0.1) is 11.3 Å². The fraction of sp³-hybridized carbons (Fsp3) is 0.200. The molecule has 1 aromatic heterocycles. The molecule has 0 radical (unpaired) electrons. The number of aromatic carboxylic acids is 1. The Balaban J connectivity index is 1.49. The first-order valence-corrected chi connectivity index (χ1v) is 8.58. The van der Waals surface area contributed by atoms with Crippen LogP contribution in [0.5, 0.6) is 0 Å². The molecular weight excluding hydrogens is 330 g/mol. The van der Waals surface area contributed by atoms with E-state index in [9.17, 15) is 14.7 Å². The summed E-state index contributed by atoms with van der Waals surface area (Å²) in [7, 11) is 0. The van der Waals surface area contributed by atoms with E-state index in [4.69, 9.17) is 0 Å². The number of aromatic nitrogens is 1. The van der Waals surface area contributed by atoms with Crippen LogP contribution in [0, 0.1) is 0 Å². The van der Waals surface area contributed by atoms with Crippen LogP contribution in [0.25, 0.3) is 10.9 Å². The van der Waals surface area contributed by atoms with Gasteiger partial charge in [0.1, 0.15) is 0 Å². The molecule has 6 nitrogen and oxygen atoms in total. The molecule has 3 N–H and O–H groups in total.